The molecule has 0 aromatic rings. The first-order valence-corrected chi connectivity index (χ1v) is 7.27. The first-order valence-electron chi connectivity index (χ1n) is 7.27. The average molecular weight is 286 g/mol. The minimum Gasteiger partial charge on any atom is -0.356 e. The van der Waals surface area contributed by atoms with Gasteiger partial charge in [0.25, 0.3) is 0 Å². The number of carbonyl (C=O) groups is 2. The highest BCUT2D eigenvalue weighted by molar-refractivity contribution is 5.73. The van der Waals surface area contributed by atoms with E-state index in [2.05, 4.69) is 34.5 Å². The van der Waals surface area contributed by atoms with Gasteiger partial charge in [0.15, 0.2) is 0 Å². The van der Waals surface area contributed by atoms with Crippen LogP contribution >= 0.6 is 0 Å². The fourth-order valence-electron chi connectivity index (χ4n) is 1.76. The van der Waals surface area contributed by atoms with Crippen molar-refractivity contribution in [3.05, 3.63) is 0 Å². The standard InChI is InChI=1S/C14H30N4O2/c1-13(19)15-7-5-6-9-17(3)11-12-18(4)10-8-16-14(2)20/h5-12H2,1-4H3,(H,15,19)(H,16,20). The summed E-state index contributed by atoms with van der Waals surface area (Å²) in [5.41, 5.74) is 0. The first kappa shape index (κ1) is 18.9. The van der Waals surface area contributed by atoms with Crippen LogP contribution < -0.4 is 10.6 Å². The van der Waals surface area contributed by atoms with Crippen LogP contribution in [-0.4, -0.2) is 75.0 Å². The predicted octanol–water partition coefficient (Wildman–Crippen LogP) is -0.0976. The lowest BCUT2D eigenvalue weighted by molar-refractivity contribution is -0.119. The average Bonchev–Trinajstić information content (AvgIpc) is 2.35. The second-order valence-electron chi connectivity index (χ2n) is 5.28. The zero-order valence-electron chi connectivity index (χ0n) is 13.4. The van der Waals surface area contributed by atoms with Crippen molar-refractivity contribution >= 4 is 11.8 Å². The van der Waals surface area contributed by atoms with E-state index >= 15 is 0 Å². The normalized spacial score (nSPS) is 10.9. The third-order valence-corrected chi connectivity index (χ3v) is 3.07. The van der Waals surface area contributed by atoms with Gasteiger partial charge in [-0.2, -0.15) is 0 Å². The van der Waals surface area contributed by atoms with Gasteiger partial charge in [0, 0.05) is 46.6 Å². The summed E-state index contributed by atoms with van der Waals surface area (Å²) in [6.07, 6.45) is 2.11. The molecule has 2 N–H and O–H groups in total. The van der Waals surface area contributed by atoms with Crippen LogP contribution in [0.3, 0.4) is 0 Å². The van der Waals surface area contributed by atoms with E-state index < -0.39 is 0 Å². The van der Waals surface area contributed by atoms with Gasteiger partial charge in [-0.05, 0) is 33.5 Å². The van der Waals surface area contributed by atoms with Gasteiger partial charge >= 0.3 is 0 Å². The van der Waals surface area contributed by atoms with E-state index in [9.17, 15) is 9.59 Å². The first-order chi connectivity index (χ1) is 9.41. The number of unbranched alkanes of at least 4 members (excludes halogenated alkanes) is 1. The van der Waals surface area contributed by atoms with Gasteiger partial charge in [0.05, 0.1) is 0 Å². The van der Waals surface area contributed by atoms with E-state index in [0.29, 0.717) is 6.54 Å². The zero-order chi connectivity index (χ0) is 15.4. The Balaban J connectivity index is 3.44. The molecule has 0 radical (unpaired) electrons. The molecule has 0 rings (SSSR count). The number of nitrogens with zero attached hydrogens (tertiary/aromatic N) is 2. The highest BCUT2D eigenvalue weighted by Gasteiger charge is 2.02. The molecule has 0 aliphatic heterocycles. The quantitative estimate of drug-likeness (QED) is 0.521. The van der Waals surface area contributed by atoms with E-state index in [1.54, 1.807) is 6.92 Å². The van der Waals surface area contributed by atoms with Gasteiger partial charge < -0.3 is 20.4 Å². The van der Waals surface area contributed by atoms with Crippen molar-refractivity contribution in [3.8, 4) is 0 Å². The highest BCUT2D eigenvalue weighted by Crippen LogP contribution is 1.93. The number of rotatable bonds is 11. The molecule has 6 heteroatoms. The number of amides is 2. The van der Waals surface area contributed by atoms with Gasteiger partial charge in [0.2, 0.25) is 11.8 Å². The molecule has 118 valence electrons. The number of hydrogen-bond acceptors (Lipinski definition) is 4. The largest absolute Gasteiger partial charge is 0.356 e. The number of likely N-dealkylation sites (N-methyl/N-ethyl adjacent to an activating group) is 2. The van der Waals surface area contributed by atoms with Crippen molar-refractivity contribution in [1.29, 1.82) is 0 Å². The molecule has 0 unspecified atom stereocenters. The van der Waals surface area contributed by atoms with Crippen LogP contribution in [-0.2, 0) is 9.59 Å². The molecule has 0 aromatic carbocycles. The number of nitrogens with one attached hydrogen (secondary N) is 2. The smallest absolute Gasteiger partial charge is 0.216 e. The third-order valence-electron chi connectivity index (χ3n) is 3.07. The predicted molar refractivity (Wildman–Crippen MR) is 81.6 cm³/mol. The molecule has 6 nitrogen and oxygen atoms in total. The van der Waals surface area contributed by atoms with Gasteiger partial charge in [-0.3, -0.25) is 9.59 Å². The Bertz CT molecular complexity index is 284. The molecule has 0 heterocycles. The van der Waals surface area contributed by atoms with Gasteiger partial charge in [-0.1, -0.05) is 0 Å². The molecule has 0 fully saturated rings. The zero-order valence-corrected chi connectivity index (χ0v) is 13.4. The molecule has 0 saturated heterocycles. The molecule has 0 aromatic heterocycles. The lowest BCUT2D eigenvalue weighted by Gasteiger charge is -2.22. The Hall–Kier alpha value is -1.14. The van der Waals surface area contributed by atoms with Crippen LogP contribution in [0, 0.1) is 0 Å². The lowest BCUT2D eigenvalue weighted by atomic mass is 10.3. The minimum atomic E-state index is 0.0229. The monoisotopic (exact) mass is 286 g/mol. The summed E-state index contributed by atoms with van der Waals surface area (Å²) in [6, 6.07) is 0. The molecular weight excluding hydrogens is 256 g/mol. The molecule has 0 aliphatic rings. The second-order valence-corrected chi connectivity index (χ2v) is 5.28. The molecule has 0 saturated carbocycles. The van der Waals surface area contributed by atoms with Crippen molar-refractivity contribution in [3.63, 3.8) is 0 Å². The van der Waals surface area contributed by atoms with E-state index in [1.807, 2.05) is 0 Å². The summed E-state index contributed by atoms with van der Waals surface area (Å²) >= 11 is 0. The van der Waals surface area contributed by atoms with Crippen molar-refractivity contribution < 1.29 is 9.59 Å². The van der Waals surface area contributed by atoms with Crippen molar-refractivity contribution in [2.75, 3.05) is 53.4 Å². The number of hydrogen-bond donors (Lipinski definition) is 2. The minimum absolute atomic E-state index is 0.0229. The SMILES string of the molecule is CC(=O)NCCCCN(C)CCN(C)CCNC(C)=O. The van der Waals surface area contributed by atoms with E-state index in [1.165, 1.54) is 6.92 Å². The maximum atomic E-state index is 10.7. The molecule has 0 spiro atoms. The second kappa shape index (κ2) is 11.7. The molecule has 0 atom stereocenters. The summed E-state index contributed by atoms with van der Waals surface area (Å²) in [4.78, 5) is 25.9. The highest BCUT2D eigenvalue weighted by atomic mass is 16.2. The van der Waals surface area contributed by atoms with Crippen LogP contribution in [0.25, 0.3) is 0 Å². The Morgan fingerprint density at radius 2 is 1.25 bits per heavy atom. The summed E-state index contributed by atoms with van der Waals surface area (Å²) in [7, 11) is 4.17. The lowest BCUT2D eigenvalue weighted by Crippen LogP contribution is -2.36. The maximum Gasteiger partial charge on any atom is 0.216 e. The molecule has 20 heavy (non-hydrogen) atoms. The van der Waals surface area contributed by atoms with Crippen LogP contribution in [0.15, 0.2) is 0 Å². The van der Waals surface area contributed by atoms with Crippen LogP contribution in [0.5, 0.6) is 0 Å². The van der Waals surface area contributed by atoms with Crippen LogP contribution in [0.2, 0.25) is 0 Å². The maximum absolute atomic E-state index is 10.7. The molecular formula is C14H30N4O2. The molecule has 0 bridgehead atoms. The Morgan fingerprint density at radius 1 is 0.750 bits per heavy atom. The van der Waals surface area contributed by atoms with Crippen molar-refractivity contribution in [2.24, 2.45) is 0 Å². The number of carbonyl (C=O) groups excluding carboxylic acids is 2. The topological polar surface area (TPSA) is 64.7 Å². The van der Waals surface area contributed by atoms with E-state index in [4.69, 9.17) is 0 Å². The van der Waals surface area contributed by atoms with Crippen LogP contribution in [0.1, 0.15) is 26.7 Å². The fourth-order valence-corrected chi connectivity index (χ4v) is 1.76. The molecule has 0 aliphatic carbocycles. The van der Waals surface area contributed by atoms with Crippen molar-refractivity contribution in [1.82, 2.24) is 20.4 Å². The van der Waals surface area contributed by atoms with Gasteiger partial charge in [-0.25, -0.2) is 0 Å². The van der Waals surface area contributed by atoms with Crippen molar-refractivity contribution in [2.45, 2.75) is 26.7 Å². The van der Waals surface area contributed by atoms with Gasteiger partial charge in [0.1, 0.15) is 0 Å². The van der Waals surface area contributed by atoms with E-state index in [0.717, 1.165) is 45.6 Å². The fraction of sp³-hybridized carbons (Fsp3) is 0.857. The Kier molecular flexibility index (Phi) is 11.0. The summed E-state index contributed by atoms with van der Waals surface area (Å²) in [6.45, 7) is 8.46. The van der Waals surface area contributed by atoms with Gasteiger partial charge in [-0.15, -0.1) is 0 Å². The Morgan fingerprint density at radius 3 is 1.80 bits per heavy atom. The molecule has 2 amide bonds. The Labute approximate surface area is 122 Å². The summed E-state index contributed by atoms with van der Waals surface area (Å²) in [5, 5.41) is 5.59. The summed E-state index contributed by atoms with van der Waals surface area (Å²) < 4.78 is 0. The van der Waals surface area contributed by atoms with Crippen LogP contribution in [0.4, 0.5) is 0 Å². The third kappa shape index (κ3) is 13.3. The van der Waals surface area contributed by atoms with E-state index in [-0.39, 0.29) is 11.8 Å². The summed E-state index contributed by atoms with van der Waals surface area (Å²) in [5.74, 6) is 0.0637.